The summed E-state index contributed by atoms with van der Waals surface area (Å²) in [4.78, 5) is 7.07. The average molecular weight is 148 g/mol. The quantitative estimate of drug-likeness (QED) is 0.569. The van der Waals surface area contributed by atoms with Crippen LogP contribution in [0.1, 0.15) is 5.56 Å². The van der Waals surface area contributed by atoms with Crippen LogP contribution in [0, 0.1) is 13.5 Å². The molecule has 1 heterocycles. The molecule has 0 fully saturated rings. The maximum Gasteiger partial charge on any atom is 0.312 e. The number of aromatic nitrogens is 1. The van der Waals surface area contributed by atoms with Gasteiger partial charge in [-0.15, -0.1) is 4.98 Å². The zero-order chi connectivity index (χ0) is 8.27. The summed E-state index contributed by atoms with van der Waals surface area (Å²) in [6, 6.07) is 1.81. The molecule has 0 aromatic carbocycles. The van der Waals surface area contributed by atoms with Gasteiger partial charge >= 0.3 is 5.82 Å². The molecule has 0 aliphatic carbocycles. The molecule has 0 N–H and O–H groups in total. The Balaban J connectivity index is 3.27. The van der Waals surface area contributed by atoms with Crippen LogP contribution in [0.2, 0.25) is 0 Å². The summed E-state index contributed by atoms with van der Waals surface area (Å²) in [6.07, 6.45) is 1.60. The van der Waals surface area contributed by atoms with Gasteiger partial charge in [-0.3, -0.25) is 0 Å². The lowest BCUT2D eigenvalue weighted by atomic mass is 10.3. The van der Waals surface area contributed by atoms with E-state index in [2.05, 4.69) is 9.83 Å². The van der Waals surface area contributed by atoms with E-state index in [9.17, 15) is 0 Å². The highest BCUT2D eigenvalue weighted by atomic mass is 16.5. The molecule has 0 saturated heterocycles. The first kappa shape index (κ1) is 7.55. The standard InChI is InChI=1S/C8H8N2O/c1-6-4-5-10-8(9-2)7(6)11-3/h4-5H,1,3H3. The first-order valence-electron chi connectivity index (χ1n) is 3.16. The topological polar surface area (TPSA) is 26.5 Å². The van der Waals surface area contributed by atoms with Crippen molar-refractivity contribution in [1.29, 1.82) is 0 Å². The fourth-order valence-corrected chi connectivity index (χ4v) is 0.862. The summed E-state index contributed by atoms with van der Waals surface area (Å²) in [5, 5.41) is 0. The molecule has 0 radical (unpaired) electrons. The van der Waals surface area contributed by atoms with Crippen LogP contribution < -0.4 is 4.74 Å². The summed E-state index contributed by atoms with van der Waals surface area (Å²) in [7, 11) is 1.54. The second kappa shape index (κ2) is 3.02. The average Bonchev–Trinajstić information content (AvgIpc) is 2.04. The predicted molar refractivity (Wildman–Crippen MR) is 41.8 cm³/mol. The van der Waals surface area contributed by atoms with Crippen molar-refractivity contribution in [3.05, 3.63) is 29.2 Å². The van der Waals surface area contributed by atoms with Crippen molar-refractivity contribution in [2.45, 2.75) is 6.92 Å². The van der Waals surface area contributed by atoms with Gasteiger partial charge in [0.15, 0.2) is 0 Å². The number of hydrogen-bond donors (Lipinski definition) is 0. The Morgan fingerprint density at radius 2 is 2.36 bits per heavy atom. The largest absolute Gasteiger partial charge is 0.506 e. The molecule has 0 amide bonds. The molecular formula is C8H8N2O. The van der Waals surface area contributed by atoms with Crippen LogP contribution in [-0.4, -0.2) is 12.1 Å². The monoisotopic (exact) mass is 148 g/mol. The third-order valence-corrected chi connectivity index (χ3v) is 1.39. The van der Waals surface area contributed by atoms with E-state index < -0.39 is 0 Å². The Kier molecular flexibility index (Phi) is 2.07. The molecule has 11 heavy (non-hydrogen) atoms. The van der Waals surface area contributed by atoms with Crippen LogP contribution in [0.5, 0.6) is 5.75 Å². The van der Waals surface area contributed by atoms with E-state index in [1.165, 1.54) is 0 Å². The third kappa shape index (κ3) is 1.30. The van der Waals surface area contributed by atoms with Gasteiger partial charge < -0.3 is 9.58 Å². The zero-order valence-corrected chi connectivity index (χ0v) is 6.46. The van der Waals surface area contributed by atoms with Gasteiger partial charge in [0, 0.05) is 0 Å². The molecule has 0 spiro atoms. The van der Waals surface area contributed by atoms with E-state index in [0.717, 1.165) is 5.56 Å². The van der Waals surface area contributed by atoms with Crippen LogP contribution in [0.15, 0.2) is 12.3 Å². The fraction of sp³-hybridized carbons (Fsp3) is 0.250. The highest BCUT2D eigenvalue weighted by Gasteiger charge is 2.05. The van der Waals surface area contributed by atoms with Crippen LogP contribution in [-0.2, 0) is 0 Å². The van der Waals surface area contributed by atoms with Gasteiger partial charge in [0.05, 0.1) is 7.11 Å². The van der Waals surface area contributed by atoms with Crippen molar-refractivity contribution in [2.24, 2.45) is 0 Å². The lowest BCUT2D eigenvalue weighted by Crippen LogP contribution is -1.88. The molecule has 3 heteroatoms. The van der Waals surface area contributed by atoms with E-state index in [1.54, 1.807) is 13.3 Å². The van der Waals surface area contributed by atoms with Crippen LogP contribution in [0.3, 0.4) is 0 Å². The smallest absolute Gasteiger partial charge is 0.312 e. The van der Waals surface area contributed by atoms with Crippen molar-refractivity contribution in [3.8, 4) is 5.75 Å². The van der Waals surface area contributed by atoms with Crippen molar-refractivity contribution in [3.63, 3.8) is 0 Å². The van der Waals surface area contributed by atoms with Gasteiger partial charge in [-0.05, 0) is 18.6 Å². The molecule has 1 aromatic heterocycles. The normalized spacial score (nSPS) is 8.82. The van der Waals surface area contributed by atoms with E-state index in [1.807, 2.05) is 13.0 Å². The van der Waals surface area contributed by atoms with E-state index in [-0.39, 0.29) is 0 Å². The fourth-order valence-electron chi connectivity index (χ4n) is 0.862. The van der Waals surface area contributed by atoms with Gasteiger partial charge in [0.25, 0.3) is 0 Å². The maximum atomic E-state index is 6.77. The minimum absolute atomic E-state index is 0.326. The molecule has 0 aliphatic heterocycles. The Hall–Kier alpha value is -1.56. The van der Waals surface area contributed by atoms with E-state index in [0.29, 0.717) is 11.6 Å². The number of aryl methyl sites for hydroxylation is 1. The third-order valence-electron chi connectivity index (χ3n) is 1.39. The predicted octanol–water partition coefficient (Wildman–Crippen LogP) is 1.95. The van der Waals surface area contributed by atoms with Crippen molar-refractivity contribution < 1.29 is 4.74 Å². The zero-order valence-electron chi connectivity index (χ0n) is 6.46. The molecule has 0 bridgehead atoms. The number of hydrogen-bond acceptors (Lipinski definition) is 2. The van der Waals surface area contributed by atoms with Gasteiger partial charge in [-0.25, -0.2) is 0 Å². The summed E-state index contributed by atoms with van der Waals surface area (Å²) in [5.74, 6) is 0.898. The van der Waals surface area contributed by atoms with Crippen molar-refractivity contribution in [2.75, 3.05) is 7.11 Å². The Bertz CT molecular complexity index is 301. The molecule has 3 nitrogen and oxygen atoms in total. The molecule has 0 saturated carbocycles. The second-order valence-corrected chi connectivity index (χ2v) is 2.10. The van der Waals surface area contributed by atoms with Gasteiger partial charge in [0.2, 0.25) is 0 Å². The highest BCUT2D eigenvalue weighted by Crippen LogP contribution is 2.27. The molecule has 0 unspecified atom stereocenters. The number of nitrogens with zero attached hydrogens (tertiary/aromatic N) is 2. The first-order valence-corrected chi connectivity index (χ1v) is 3.16. The first-order chi connectivity index (χ1) is 5.29. The molecule has 0 atom stereocenters. The minimum atomic E-state index is 0.326. The van der Waals surface area contributed by atoms with Crippen LogP contribution in [0.25, 0.3) is 4.85 Å². The lowest BCUT2D eigenvalue weighted by molar-refractivity contribution is 0.413. The number of rotatable bonds is 1. The SMILES string of the molecule is [C-]#[N+]c1nccc(C)c1OC. The molecule has 1 rings (SSSR count). The molecular weight excluding hydrogens is 140 g/mol. The number of pyridine rings is 1. The summed E-state index contributed by atoms with van der Waals surface area (Å²) in [6.45, 7) is 8.65. The molecule has 56 valence electrons. The summed E-state index contributed by atoms with van der Waals surface area (Å²) >= 11 is 0. The van der Waals surface area contributed by atoms with Crippen molar-refractivity contribution in [1.82, 2.24) is 4.98 Å². The summed E-state index contributed by atoms with van der Waals surface area (Å²) in [5.41, 5.74) is 0.938. The van der Waals surface area contributed by atoms with Gasteiger partial charge in [-0.1, -0.05) is 6.57 Å². The number of methoxy groups -OCH3 is 1. The minimum Gasteiger partial charge on any atom is -0.506 e. The van der Waals surface area contributed by atoms with E-state index >= 15 is 0 Å². The maximum absolute atomic E-state index is 6.77. The molecule has 0 aliphatic rings. The Morgan fingerprint density at radius 3 is 2.82 bits per heavy atom. The van der Waals surface area contributed by atoms with Crippen LogP contribution >= 0.6 is 0 Å². The van der Waals surface area contributed by atoms with Gasteiger partial charge in [0.1, 0.15) is 11.9 Å². The molecule has 1 aromatic rings. The van der Waals surface area contributed by atoms with E-state index in [4.69, 9.17) is 11.3 Å². The summed E-state index contributed by atoms with van der Waals surface area (Å²) < 4.78 is 4.99. The number of ether oxygens (including phenoxy) is 1. The lowest BCUT2D eigenvalue weighted by Gasteiger charge is -2.03. The second-order valence-electron chi connectivity index (χ2n) is 2.10. The Morgan fingerprint density at radius 1 is 1.64 bits per heavy atom. The van der Waals surface area contributed by atoms with Gasteiger partial charge in [-0.2, -0.15) is 0 Å². The van der Waals surface area contributed by atoms with Crippen LogP contribution in [0.4, 0.5) is 5.82 Å². The highest BCUT2D eigenvalue weighted by molar-refractivity contribution is 5.54. The Labute approximate surface area is 65.5 Å². The van der Waals surface area contributed by atoms with Crippen molar-refractivity contribution >= 4 is 5.82 Å².